The third kappa shape index (κ3) is 4.23. The van der Waals surface area contributed by atoms with E-state index in [4.69, 9.17) is 0 Å². The van der Waals surface area contributed by atoms with Crippen molar-refractivity contribution in [3.05, 3.63) is 23.8 Å². The van der Waals surface area contributed by atoms with Gasteiger partial charge in [0.2, 0.25) is 15.9 Å². The first-order valence-corrected chi connectivity index (χ1v) is 10.8. The summed E-state index contributed by atoms with van der Waals surface area (Å²) in [4.78, 5) is 12.8. The summed E-state index contributed by atoms with van der Waals surface area (Å²) in [6.45, 7) is 2.98. The van der Waals surface area contributed by atoms with E-state index in [1.54, 1.807) is 22.5 Å². The normalized spacial score (nSPS) is 20.4. The van der Waals surface area contributed by atoms with Gasteiger partial charge in [-0.1, -0.05) is 31.7 Å². The van der Waals surface area contributed by atoms with Gasteiger partial charge in [0, 0.05) is 24.7 Å². The van der Waals surface area contributed by atoms with Gasteiger partial charge in [0.15, 0.2) is 0 Å². The molecule has 1 saturated heterocycles. The summed E-state index contributed by atoms with van der Waals surface area (Å²) >= 11 is 0. The molecule has 1 N–H and O–H groups in total. The summed E-state index contributed by atoms with van der Waals surface area (Å²) in [5, 5.41) is 2.93. The summed E-state index contributed by atoms with van der Waals surface area (Å²) in [6.07, 6.45) is 8.16. The lowest BCUT2D eigenvalue weighted by Crippen LogP contribution is -2.36. The van der Waals surface area contributed by atoms with Crippen molar-refractivity contribution >= 4 is 21.6 Å². The molecule has 2 fully saturated rings. The molecule has 0 unspecified atom stereocenters. The summed E-state index contributed by atoms with van der Waals surface area (Å²) in [5.74, 6) is 0.0714. The smallest absolute Gasteiger partial charge is 0.243 e. The van der Waals surface area contributed by atoms with Gasteiger partial charge in [-0.05, 0) is 50.3 Å². The fourth-order valence-electron chi connectivity index (χ4n) is 3.81. The molecule has 0 spiro atoms. The lowest BCUT2D eigenvalue weighted by atomic mass is 9.88. The Morgan fingerprint density at radius 1 is 1.04 bits per heavy atom. The number of carbonyl (C=O) groups is 1. The minimum absolute atomic E-state index is 0.0184. The van der Waals surface area contributed by atoms with Crippen LogP contribution in [0, 0.1) is 12.8 Å². The zero-order chi connectivity index (χ0) is 17.9. The molecular formula is C19H28N2O3S. The summed E-state index contributed by atoms with van der Waals surface area (Å²) < 4.78 is 27.5. The maximum atomic E-state index is 13.0. The molecule has 1 aromatic rings. The highest BCUT2D eigenvalue weighted by molar-refractivity contribution is 7.89. The number of amides is 1. The Kier molecular flexibility index (Phi) is 5.79. The maximum absolute atomic E-state index is 13.0. The van der Waals surface area contributed by atoms with Gasteiger partial charge < -0.3 is 5.32 Å². The van der Waals surface area contributed by atoms with Crippen LogP contribution in [-0.2, 0) is 14.8 Å². The number of hydrogen-bond donors (Lipinski definition) is 1. The van der Waals surface area contributed by atoms with Crippen LogP contribution in [0.15, 0.2) is 23.1 Å². The minimum Gasteiger partial charge on any atom is -0.326 e. The fraction of sp³-hybridized carbons (Fsp3) is 0.632. The first-order chi connectivity index (χ1) is 12.0. The zero-order valence-electron chi connectivity index (χ0n) is 15.0. The van der Waals surface area contributed by atoms with Crippen LogP contribution in [-0.4, -0.2) is 31.7 Å². The molecule has 0 aromatic heterocycles. The molecular weight excluding hydrogens is 336 g/mol. The third-order valence-corrected chi connectivity index (χ3v) is 7.41. The van der Waals surface area contributed by atoms with Gasteiger partial charge >= 0.3 is 0 Å². The standard InChI is InChI=1S/C19H28N2O3S/c1-15-10-11-17(20-19(22)16-8-4-2-5-9-16)14-18(15)25(23,24)21-12-6-3-7-13-21/h10-11,14,16H,2-9,12-13H2,1H3,(H,20,22). The minimum atomic E-state index is -3.49. The van der Waals surface area contributed by atoms with E-state index in [1.807, 2.05) is 6.92 Å². The molecule has 1 saturated carbocycles. The second-order valence-electron chi connectivity index (χ2n) is 7.27. The van der Waals surface area contributed by atoms with Crippen LogP contribution in [0.25, 0.3) is 0 Å². The third-order valence-electron chi connectivity index (χ3n) is 5.36. The first kappa shape index (κ1) is 18.4. The van der Waals surface area contributed by atoms with E-state index in [0.29, 0.717) is 23.7 Å². The molecule has 1 aliphatic heterocycles. The topological polar surface area (TPSA) is 66.5 Å². The molecule has 25 heavy (non-hydrogen) atoms. The highest BCUT2D eigenvalue weighted by Crippen LogP contribution is 2.28. The molecule has 0 atom stereocenters. The van der Waals surface area contributed by atoms with Gasteiger partial charge in [-0.15, -0.1) is 0 Å². The van der Waals surface area contributed by atoms with Gasteiger partial charge in [-0.2, -0.15) is 4.31 Å². The lowest BCUT2D eigenvalue weighted by Gasteiger charge is -2.27. The van der Waals surface area contributed by atoms with Crippen LogP contribution in [0.4, 0.5) is 5.69 Å². The van der Waals surface area contributed by atoms with Crippen LogP contribution < -0.4 is 5.32 Å². The van der Waals surface area contributed by atoms with Crippen molar-refractivity contribution in [1.82, 2.24) is 4.31 Å². The molecule has 1 aliphatic carbocycles. The number of sulfonamides is 1. The summed E-state index contributed by atoms with van der Waals surface area (Å²) in [6, 6.07) is 5.21. The van der Waals surface area contributed by atoms with Crippen molar-refractivity contribution in [2.75, 3.05) is 18.4 Å². The average Bonchev–Trinajstić information content (AvgIpc) is 2.64. The predicted molar refractivity (Wildman–Crippen MR) is 99.0 cm³/mol. The number of benzene rings is 1. The molecule has 3 rings (SSSR count). The van der Waals surface area contributed by atoms with Crippen molar-refractivity contribution in [1.29, 1.82) is 0 Å². The Hall–Kier alpha value is -1.40. The molecule has 1 heterocycles. The van der Waals surface area contributed by atoms with E-state index in [0.717, 1.165) is 50.5 Å². The molecule has 5 nitrogen and oxygen atoms in total. The van der Waals surface area contributed by atoms with Gasteiger partial charge in [-0.3, -0.25) is 4.79 Å². The molecule has 6 heteroatoms. The average molecular weight is 365 g/mol. The first-order valence-electron chi connectivity index (χ1n) is 9.40. The number of nitrogens with one attached hydrogen (secondary N) is 1. The van der Waals surface area contributed by atoms with Crippen molar-refractivity contribution in [3.8, 4) is 0 Å². The number of rotatable bonds is 4. The van der Waals surface area contributed by atoms with Crippen LogP contribution in [0.2, 0.25) is 0 Å². The van der Waals surface area contributed by atoms with Crippen LogP contribution in [0.3, 0.4) is 0 Å². The lowest BCUT2D eigenvalue weighted by molar-refractivity contribution is -0.120. The predicted octanol–water partition coefficient (Wildman–Crippen LogP) is 3.69. The maximum Gasteiger partial charge on any atom is 0.243 e. The van der Waals surface area contributed by atoms with E-state index in [9.17, 15) is 13.2 Å². The van der Waals surface area contributed by atoms with E-state index >= 15 is 0 Å². The van der Waals surface area contributed by atoms with Crippen molar-refractivity contribution in [2.45, 2.75) is 63.2 Å². The molecule has 1 aromatic carbocycles. The molecule has 0 radical (unpaired) electrons. The Balaban J connectivity index is 1.79. The second-order valence-corrected chi connectivity index (χ2v) is 9.18. The molecule has 138 valence electrons. The monoisotopic (exact) mass is 364 g/mol. The molecule has 1 amide bonds. The van der Waals surface area contributed by atoms with Gasteiger partial charge in [0.1, 0.15) is 0 Å². The Bertz CT molecular complexity index is 718. The number of piperidine rings is 1. The Morgan fingerprint density at radius 2 is 1.68 bits per heavy atom. The fourth-order valence-corrected chi connectivity index (χ4v) is 5.58. The highest BCUT2D eigenvalue weighted by atomic mass is 32.2. The molecule has 0 bridgehead atoms. The van der Waals surface area contributed by atoms with Crippen molar-refractivity contribution < 1.29 is 13.2 Å². The Labute approximate surface area is 150 Å². The zero-order valence-corrected chi connectivity index (χ0v) is 15.8. The van der Waals surface area contributed by atoms with E-state index < -0.39 is 10.0 Å². The van der Waals surface area contributed by atoms with Crippen molar-refractivity contribution in [2.24, 2.45) is 5.92 Å². The van der Waals surface area contributed by atoms with Gasteiger partial charge in [-0.25, -0.2) is 8.42 Å². The van der Waals surface area contributed by atoms with E-state index in [-0.39, 0.29) is 11.8 Å². The number of hydrogen-bond acceptors (Lipinski definition) is 3. The Morgan fingerprint density at radius 3 is 2.36 bits per heavy atom. The van der Waals surface area contributed by atoms with Crippen molar-refractivity contribution in [3.63, 3.8) is 0 Å². The van der Waals surface area contributed by atoms with Gasteiger partial charge in [0.05, 0.1) is 4.90 Å². The second kappa shape index (κ2) is 7.87. The van der Waals surface area contributed by atoms with E-state index in [2.05, 4.69) is 5.32 Å². The van der Waals surface area contributed by atoms with Gasteiger partial charge in [0.25, 0.3) is 0 Å². The summed E-state index contributed by atoms with van der Waals surface area (Å²) in [5.41, 5.74) is 1.30. The quantitative estimate of drug-likeness (QED) is 0.886. The van der Waals surface area contributed by atoms with Crippen LogP contribution >= 0.6 is 0 Å². The van der Waals surface area contributed by atoms with E-state index in [1.165, 1.54) is 6.42 Å². The summed E-state index contributed by atoms with van der Waals surface area (Å²) in [7, 11) is -3.49. The number of anilines is 1. The highest BCUT2D eigenvalue weighted by Gasteiger charge is 2.28. The van der Waals surface area contributed by atoms with Crippen LogP contribution in [0.1, 0.15) is 56.9 Å². The number of carbonyl (C=O) groups excluding carboxylic acids is 1. The number of aryl methyl sites for hydroxylation is 1. The SMILES string of the molecule is Cc1ccc(NC(=O)C2CCCCC2)cc1S(=O)(=O)N1CCCCC1. The molecule has 2 aliphatic rings. The largest absolute Gasteiger partial charge is 0.326 e. The number of nitrogens with zero attached hydrogens (tertiary/aromatic N) is 1. The van der Waals surface area contributed by atoms with Crippen LogP contribution in [0.5, 0.6) is 0 Å².